The summed E-state index contributed by atoms with van der Waals surface area (Å²) < 4.78 is 0. The van der Waals surface area contributed by atoms with E-state index in [-0.39, 0.29) is 12.1 Å². The second-order valence-electron chi connectivity index (χ2n) is 3.71. The molecule has 0 spiro atoms. The Hall–Kier alpha value is -0.600. The van der Waals surface area contributed by atoms with Crippen molar-refractivity contribution in [1.29, 1.82) is 0 Å². The van der Waals surface area contributed by atoms with E-state index in [1.165, 1.54) is 0 Å². The normalized spacial score (nSPS) is 16.6. The van der Waals surface area contributed by atoms with E-state index in [9.17, 15) is 0 Å². The highest BCUT2D eigenvalue weighted by atomic mass is 14.7. The molecule has 82 valence electrons. The van der Waals surface area contributed by atoms with Gasteiger partial charge < -0.3 is 11.5 Å². The van der Waals surface area contributed by atoms with Gasteiger partial charge in [0.15, 0.2) is 0 Å². The Morgan fingerprint density at radius 3 is 2.21 bits per heavy atom. The van der Waals surface area contributed by atoms with Gasteiger partial charge in [0.05, 0.1) is 0 Å². The van der Waals surface area contributed by atoms with Crippen LogP contribution in [0.15, 0.2) is 24.3 Å². The van der Waals surface area contributed by atoms with E-state index in [1.807, 2.05) is 19.9 Å². The molecule has 0 bridgehead atoms. The SMILES string of the molecule is C/C=C/CCC(N)CC(N)C/C=C/C. The zero-order chi connectivity index (χ0) is 10.8. The third kappa shape index (κ3) is 8.02. The predicted octanol–water partition coefficient (Wildman–Crippen LogP) is 2.35. The molecule has 0 aromatic carbocycles. The first-order valence-electron chi connectivity index (χ1n) is 5.44. The molecule has 0 saturated heterocycles. The zero-order valence-corrected chi connectivity index (χ0v) is 9.45. The van der Waals surface area contributed by atoms with Crippen molar-refractivity contribution in [2.45, 2.75) is 51.6 Å². The second-order valence-corrected chi connectivity index (χ2v) is 3.71. The fourth-order valence-corrected chi connectivity index (χ4v) is 1.39. The molecule has 2 heteroatoms. The Balaban J connectivity index is 3.54. The van der Waals surface area contributed by atoms with Crippen molar-refractivity contribution in [3.05, 3.63) is 24.3 Å². The first kappa shape index (κ1) is 13.4. The van der Waals surface area contributed by atoms with Crippen molar-refractivity contribution in [3.63, 3.8) is 0 Å². The smallest absolute Gasteiger partial charge is 0.00881 e. The van der Waals surface area contributed by atoms with Gasteiger partial charge in [0, 0.05) is 12.1 Å². The minimum absolute atomic E-state index is 0.215. The van der Waals surface area contributed by atoms with E-state index in [1.54, 1.807) is 0 Å². The molecule has 0 saturated carbocycles. The molecule has 0 aliphatic carbocycles. The molecule has 0 radical (unpaired) electrons. The van der Waals surface area contributed by atoms with Crippen LogP contribution in [-0.2, 0) is 0 Å². The largest absolute Gasteiger partial charge is 0.328 e. The van der Waals surface area contributed by atoms with Crippen LogP contribution in [0.4, 0.5) is 0 Å². The Kier molecular flexibility index (Phi) is 8.59. The summed E-state index contributed by atoms with van der Waals surface area (Å²) in [5.74, 6) is 0. The number of nitrogens with two attached hydrogens (primary N) is 2. The minimum Gasteiger partial charge on any atom is -0.328 e. The van der Waals surface area contributed by atoms with Gasteiger partial charge in [-0.05, 0) is 39.5 Å². The molecular weight excluding hydrogens is 172 g/mol. The molecule has 0 aromatic heterocycles. The lowest BCUT2D eigenvalue weighted by molar-refractivity contribution is 0.501. The molecule has 0 aliphatic heterocycles. The molecule has 0 fully saturated rings. The van der Waals surface area contributed by atoms with Gasteiger partial charge in [-0.15, -0.1) is 0 Å². The third-order valence-corrected chi connectivity index (χ3v) is 2.22. The lowest BCUT2D eigenvalue weighted by Crippen LogP contribution is -2.30. The van der Waals surface area contributed by atoms with Gasteiger partial charge in [-0.2, -0.15) is 0 Å². The van der Waals surface area contributed by atoms with E-state index in [4.69, 9.17) is 11.5 Å². The van der Waals surface area contributed by atoms with Crippen LogP contribution in [0.1, 0.15) is 39.5 Å². The number of allylic oxidation sites excluding steroid dienone is 3. The van der Waals surface area contributed by atoms with E-state index >= 15 is 0 Å². The quantitative estimate of drug-likeness (QED) is 0.614. The fraction of sp³-hybridized carbons (Fsp3) is 0.667. The highest BCUT2D eigenvalue weighted by Crippen LogP contribution is 2.05. The van der Waals surface area contributed by atoms with E-state index in [0.717, 1.165) is 25.7 Å². The first-order chi connectivity index (χ1) is 6.70. The molecule has 2 atom stereocenters. The monoisotopic (exact) mass is 196 g/mol. The summed E-state index contributed by atoms with van der Waals surface area (Å²) >= 11 is 0. The van der Waals surface area contributed by atoms with Crippen LogP contribution in [-0.4, -0.2) is 12.1 Å². The van der Waals surface area contributed by atoms with E-state index < -0.39 is 0 Å². The summed E-state index contributed by atoms with van der Waals surface area (Å²) in [5, 5.41) is 0. The summed E-state index contributed by atoms with van der Waals surface area (Å²) in [7, 11) is 0. The Bertz CT molecular complexity index is 173. The Labute approximate surface area is 88.1 Å². The van der Waals surface area contributed by atoms with Crippen LogP contribution in [0.5, 0.6) is 0 Å². The standard InChI is InChI=1S/C12H24N2/c1-3-5-7-9-12(14)10-11(13)8-6-4-2/h3-6,11-12H,7-10,13-14H2,1-2H3/b5-3+,6-4+. The van der Waals surface area contributed by atoms with E-state index in [0.29, 0.717) is 0 Å². The summed E-state index contributed by atoms with van der Waals surface area (Å²) in [6.45, 7) is 4.04. The van der Waals surface area contributed by atoms with Crippen molar-refractivity contribution in [1.82, 2.24) is 0 Å². The van der Waals surface area contributed by atoms with E-state index in [2.05, 4.69) is 18.2 Å². The molecule has 2 unspecified atom stereocenters. The van der Waals surface area contributed by atoms with Crippen LogP contribution in [0.2, 0.25) is 0 Å². The highest BCUT2D eigenvalue weighted by Gasteiger charge is 2.06. The maximum atomic E-state index is 5.95. The van der Waals surface area contributed by atoms with Crippen LogP contribution in [0.3, 0.4) is 0 Å². The molecule has 0 heterocycles. The lowest BCUT2D eigenvalue weighted by Gasteiger charge is -2.15. The highest BCUT2D eigenvalue weighted by molar-refractivity contribution is 4.85. The third-order valence-electron chi connectivity index (χ3n) is 2.22. The molecule has 2 nitrogen and oxygen atoms in total. The second kappa shape index (κ2) is 8.97. The van der Waals surface area contributed by atoms with Gasteiger partial charge in [-0.25, -0.2) is 0 Å². The van der Waals surface area contributed by atoms with Crippen molar-refractivity contribution in [3.8, 4) is 0 Å². The molecule has 14 heavy (non-hydrogen) atoms. The molecule has 4 N–H and O–H groups in total. The Morgan fingerprint density at radius 1 is 1.00 bits per heavy atom. The van der Waals surface area contributed by atoms with Gasteiger partial charge in [-0.1, -0.05) is 24.3 Å². The molecule has 0 aliphatic rings. The average Bonchev–Trinajstić information content (AvgIpc) is 2.15. The van der Waals surface area contributed by atoms with Crippen molar-refractivity contribution in [2.75, 3.05) is 0 Å². The van der Waals surface area contributed by atoms with Crippen molar-refractivity contribution in [2.24, 2.45) is 11.5 Å². The lowest BCUT2D eigenvalue weighted by atomic mass is 10.0. The molecule has 0 rings (SSSR count). The summed E-state index contributed by atoms with van der Waals surface area (Å²) in [6.07, 6.45) is 12.3. The van der Waals surface area contributed by atoms with Crippen LogP contribution in [0, 0.1) is 0 Å². The van der Waals surface area contributed by atoms with Gasteiger partial charge >= 0.3 is 0 Å². The van der Waals surface area contributed by atoms with Gasteiger partial charge in [0.2, 0.25) is 0 Å². The van der Waals surface area contributed by atoms with Crippen LogP contribution >= 0.6 is 0 Å². The average molecular weight is 196 g/mol. The number of rotatable bonds is 7. The minimum atomic E-state index is 0.215. The van der Waals surface area contributed by atoms with Crippen molar-refractivity contribution >= 4 is 0 Å². The Morgan fingerprint density at radius 2 is 1.64 bits per heavy atom. The first-order valence-corrected chi connectivity index (χ1v) is 5.44. The maximum absolute atomic E-state index is 5.95. The summed E-state index contributed by atoms with van der Waals surface area (Å²) in [6, 6.07) is 0.457. The van der Waals surface area contributed by atoms with Gasteiger partial charge in [0.25, 0.3) is 0 Å². The summed E-state index contributed by atoms with van der Waals surface area (Å²) in [5.41, 5.74) is 11.9. The summed E-state index contributed by atoms with van der Waals surface area (Å²) in [4.78, 5) is 0. The number of hydrogen-bond acceptors (Lipinski definition) is 2. The predicted molar refractivity (Wildman–Crippen MR) is 64.0 cm³/mol. The number of hydrogen-bond donors (Lipinski definition) is 2. The maximum Gasteiger partial charge on any atom is 0.00881 e. The van der Waals surface area contributed by atoms with Gasteiger partial charge in [0.1, 0.15) is 0 Å². The van der Waals surface area contributed by atoms with Crippen LogP contribution in [0.25, 0.3) is 0 Å². The van der Waals surface area contributed by atoms with Gasteiger partial charge in [-0.3, -0.25) is 0 Å². The van der Waals surface area contributed by atoms with Crippen LogP contribution < -0.4 is 11.5 Å². The van der Waals surface area contributed by atoms with Crippen molar-refractivity contribution < 1.29 is 0 Å². The molecule has 0 aromatic rings. The topological polar surface area (TPSA) is 52.0 Å². The molecule has 0 amide bonds. The zero-order valence-electron chi connectivity index (χ0n) is 9.45. The fourth-order valence-electron chi connectivity index (χ4n) is 1.39. The molecular formula is C12H24N2.